The number of nitrogens with one attached hydrogen (secondary N) is 2. The Morgan fingerprint density at radius 2 is 1.58 bits per heavy atom. The molecule has 2 aromatic carbocycles. The van der Waals surface area contributed by atoms with E-state index in [4.69, 9.17) is 4.74 Å². The molecule has 0 bridgehead atoms. The molecule has 3 aromatic rings. The van der Waals surface area contributed by atoms with Crippen molar-refractivity contribution in [3.63, 3.8) is 0 Å². The van der Waals surface area contributed by atoms with Crippen LogP contribution in [0.2, 0.25) is 0 Å². The maximum absolute atomic E-state index is 13.5. The van der Waals surface area contributed by atoms with Crippen LogP contribution < -0.4 is 15.4 Å². The zero-order chi connectivity index (χ0) is 23.8. The van der Waals surface area contributed by atoms with Crippen molar-refractivity contribution in [2.75, 3.05) is 17.2 Å². The van der Waals surface area contributed by atoms with E-state index in [1.807, 2.05) is 24.3 Å². The molecule has 33 heavy (non-hydrogen) atoms. The highest BCUT2D eigenvalue weighted by molar-refractivity contribution is 5.63. The van der Waals surface area contributed by atoms with Gasteiger partial charge in [0.1, 0.15) is 17.1 Å². The topological polar surface area (TPSA) is 59.1 Å². The Balaban J connectivity index is 1.79. The number of ether oxygens (including phenoxy) is 1. The minimum Gasteiger partial charge on any atom is -0.494 e. The first-order chi connectivity index (χ1) is 15.8. The van der Waals surface area contributed by atoms with Crippen LogP contribution in [0.25, 0.3) is 0 Å². The Kier molecular flexibility index (Phi) is 8.14. The van der Waals surface area contributed by atoms with E-state index in [0.29, 0.717) is 29.6 Å². The third kappa shape index (κ3) is 6.84. The molecule has 1 aromatic heterocycles. The number of hydrogen-bond acceptors (Lipinski definition) is 5. The van der Waals surface area contributed by atoms with Crippen molar-refractivity contribution in [1.82, 2.24) is 9.97 Å². The Labute approximate surface area is 192 Å². The number of halogens is 3. The lowest BCUT2D eigenvalue weighted by Gasteiger charge is -2.15. The van der Waals surface area contributed by atoms with Crippen molar-refractivity contribution in [2.45, 2.75) is 52.1 Å². The van der Waals surface area contributed by atoms with Gasteiger partial charge in [0, 0.05) is 17.6 Å². The van der Waals surface area contributed by atoms with Gasteiger partial charge in [-0.2, -0.15) is 18.2 Å². The summed E-state index contributed by atoms with van der Waals surface area (Å²) in [5, 5.41) is 5.75. The van der Waals surface area contributed by atoms with Crippen LogP contribution in [-0.4, -0.2) is 16.6 Å². The van der Waals surface area contributed by atoms with Crippen LogP contribution in [0.15, 0.2) is 54.7 Å². The van der Waals surface area contributed by atoms with Crippen LogP contribution in [-0.2, 0) is 6.18 Å². The molecular formula is C25H29F3N4O. The number of hydrogen-bond donors (Lipinski definition) is 2. The summed E-state index contributed by atoms with van der Waals surface area (Å²) in [6.45, 7) is 6.93. The smallest absolute Gasteiger partial charge is 0.421 e. The highest BCUT2D eigenvalue weighted by Gasteiger charge is 2.35. The van der Waals surface area contributed by atoms with Crippen molar-refractivity contribution in [3.05, 3.63) is 65.9 Å². The van der Waals surface area contributed by atoms with Gasteiger partial charge in [0.25, 0.3) is 0 Å². The monoisotopic (exact) mass is 458 g/mol. The molecule has 1 heterocycles. The summed E-state index contributed by atoms with van der Waals surface area (Å²) in [6.07, 6.45) is -0.830. The third-order valence-corrected chi connectivity index (χ3v) is 5.33. The van der Waals surface area contributed by atoms with Crippen molar-refractivity contribution < 1.29 is 17.9 Å². The maximum atomic E-state index is 13.5. The number of anilines is 4. The number of unbranched alkanes of at least 4 members (excludes halogenated alkanes) is 1. The molecular weight excluding hydrogens is 429 g/mol. The van der Waals surface area contributed by atoms with Gasteiger partial charge < -0.3 is 15.4 Å². The average molecular weight is 459 g/mol. The van der Waals surface area contributed by atoms with Gasteiger partial charge in [0.05, 0.1) is 6.61 Å². The SMILES string of the molecule is CCCCOc1ccc(Nc2nc(Nc3ccc(C(C)CC)cc3)ncc2C(F)(F)F)cc1. The maximum Gasteiger partial charge on any atom is 0.421 e. The molecule has 0 fully saturated rings. The predicted octanol–water partition coefficient (Wildman–Crippen LogP) is 7.68. The fraction of sp³-hybridized carbons (Fsp3) is 0.360. The van der Waals surface area contributed by atoms with E-state index in [2.05, 4.69) is 41.4 Å². The third-order valence-electron chi connectivity index (χ3n) is 5.33. The minimum absolute atomic E-state index is 0.0707. The van der Waals surface area contributed by atoms with Crippen molar-refractivity contribution in [1.29, 1.82) is 0 Å². The van der Waals surface area contributed by atoms with Crippen molar-refractivity contribution in [2.24, 2.45) is 0 Å². The molecule has 3 rings (SSSR count). The standard InChI is InChI=1S/C25H29F3N4O/c1-4-6-15-33-21-13-11-19(12-14-21)30-23-22(25(26,27)28)16-29-24(32-23)31-20-9-7-18(8-10-20)17(3)5-2/h7-14,16-17H,4-6,15H2,1-3H3,(H2,29,30,31,32). The number of aromatic nitrogens is 2. The molecule has 0 radical (unpaired) electrons. The van der Waals surface area contributed by atoms with E-state index in [0.717, 1.165) is 25.5 Å². The molecule has 0 aliphatic rings. The fourth-order valence-electron chi connectivity index (χ4n) is 3.11. The lowest BCUT2D eigenvalue weighted by atomic mass is 9.99. The van der Waals surface area contributed by atoms with E-state index in [1.54, 1.807) is 24.3 Å². The van der Waals surface area contributed by atoms with Crippen molar-refractivity contribution >= 4 is 23.1 Å². The van der Waals surface area contributed by atoms with Crippen LogP contribution in [0.3, 0.4) is 0 Å². The summed E-state index contributed by atoms with van der Waals surface area (Å²) in [7, 11) is 0. The summed E-state index contributed by atoms with van der Waals surface area (Å²) >= 11 is 0. The number of alkyl halides is 3. The molecule has 0 amide bonds. The lowest BCUT2D eigenvalue weighted by Crippen LogP contribution is -2.12. The molecule has 2 N–H and O–H groups in total. The molecule has 0 saturated carbocycles. The molecule has 0 saturated heterocycles. The fourth-order valence-corrected chi connectivity index (χ4v) is 3.11. The Morgan fingerprint density at radius 3 is 2.18 bits per heavy atom. The lowest BCUT2D eigenvalue weighted by molar-refractivity contribution is -0.137. The molecule has 0 spiro atoms. The summed E-state index contributed by atoms with van der Waals surface area (Å²) < 4.78 is 46.2. The second-order valence-corrected chi connectivity index (χ2v) is 7.86. The normalized spacial score (nSPS) is 12.3. The van der Waals surface area contributed by atoms with Gasteiger partial charge in [-0.05, 0) is 60.7 Å². The summed E-state index contributed by atoms with van der Waals surface area (Å²) in [5.41, 5.74) is 1.41. The van der Waals surface area contributed by atoms with Crippen molar-refractivity contribution in [3.8, 4) is 5.75 Å². The molecule has 5 nitrogen and oxygen atoms in total. The van der Waals surface area contributed by atoms with E-state index < -0.39 is 11.7 Å². The second kappa shape index (κ2) is 11.0. The zero-order valence-corrected chi connectivity index (χ0v) is 19.0. The minimum atomic E-state index is -4.60. The van der Waals surface area contributed by atoms with E-state index in [1.165, 1.54) is 5.56 Å². The molecule has 0 aliphatic heterocycles. The highest BCUT2D eigenvalue weighted by Crippen LogP contribution is 2.35. The number of rotatable bonds is 10. The van der Waals surface area contributed by atoms with Gasteiger partial charge in [-0.15, -0.1) is 0 Å². The van der Waals surface area contributed by atoms with E-state index in [-0.39, 0.29) is 11.8 Å². The largest absolute Gasteiger partial charge is 0.494 e. The summed E-state index contributed by atoms with van der Waals surface area (Å²) in [5.74, 6) is 0.841. The first kappa shape index (κ1) is 24.4. The van der Waals surface area contributed by atoms with Crippen LogP contribution in [0, 0.1) is 0 Å². The van der Waals surface area contributed by atoms with Crippen LogP contribution >= 0.6 is 0 Å². The molecule has 176 valence electrons. The van der Waals surface area contributed by atoms with Gasteiger partial charge in [-0.3, -0.25) is 0 Å². The van der Waals surface area contributed by atoms with Gasteiger partial charge in [0.15, 0.2) is 0 Å². The highest BCUT2D eigenvalue weighted by atomic mass is 19.4. The van der Waals surface area contributed by atoms with Crippen LogP contribution in [0.4, 0.5) is 36.3 Å². The van der Waals surface area contributed by atoms with Crippen LogP contribution in [0.5, 0.6) is 5.75 Å². The second-order valence-electron chi connectivity index (χ2n) is 7.86. The average Bonchev–Trinajstić information content (AvgIpc) is 2.80. The quantitative estimate of drug-likeness (QED) is 0.305. The molecule has 1 unspecified atom stereocenters. The van der Waals surface area contributed by atoms with Gasteiger partial charge in [-0.1, -0.05) is 39.3 Å². The Morgan fingerprint density at radius 1 is 0.939 bits per heavy atom. The Bertz CT molecular complexity index is 1020. The first-order valence-electron chi connectivity index (χ1n) is 11.1. The van der Waals surface area contributed by atoms with Gasteiger partial charge in [-0.25, -0.2) is 4.98 Å². The number of nitrogens with zero attached hydrogens (tertiary/aromatic N) is 2. The number of benzene rings is 2. The first-order valence-corrected chi connectivity index (χ1v) is 11.1. The Hall–Kier alpha value is -3.29. The zero-order valence-electron chi connectivity index (χ0n) is 19.0. The molecule has 1 atom stereocenters. The molecule has 0 aliphatic carbocycles. The van der Waals surface area contributed by atoms with Gasteiger partial charge >= 0.3 is 6.18 Å². The summed E-state index contributed by atoms with van der Waals surface area (Å²) in [6, 6.07) is 14.5. The predicted molar refractivity (Wildman–Crippen MR) is 126 cm³/mol. The molecule has 8 heteroatoms. The van der Waals surface area contributed by atoms with Gasteiger partial charge in [0.2, 0.25) is 5.95 Å². The summed E-state index contributed by atoms with van der Waals surface area (Å²) in [4.78, 5) is 7.97. The van der Waals surface area contributed by atoms with Crippen LogP contribution in [0.1, 0.15) is 57.1 Å². The van der Waals surface area contributed by atoms with E-state index in [9.17, 15) is 13.2 Å². The van der Waals surface area contributed by atoms with E-state index >= 15 is 0 Å².